The van der Waals surface area contributed by atoms with Crippen molar-refractivity contribution in [3.8, 4) is 5.75 Å². The van der Waals surface area contributed by atoms with Crippen molar-refractivity contribution in [2.45, 2.75) is 0 Å². The lowest BCUT2D eigenvalue weighted by atomic mass is 10.2. The van der Waals surface area contributed by atoms with Gasteiger partial charge in [-0.3, -0.25) is 4.79 Å². The van der Waals surface area contributed by atoms with Gasteiger partial charge in [-0.2, -0.15) is 0 Å². The molecule has 0 unspecified atom stereocenters. The Bertz CT molecular complexity index is 318. The molecular weight excluding hydrogens is 176 g/mol. The normalized spacial score (nSPS) is 10.4. The summed E-state index contributed by atoms with van der Waals surface area (Å²) in [5.74, 6) is 0.109. The summed E-state index contributed by atoms with van der Waals surface area (Å²) >= 11 is 5.66. The number of carbonyl (C=O) groups excluding carboxylic acids is 1. The highest BCUT2D eigenvalue weighted by atomic mass is 35.5. The van der Waals surface area contributed by atoms with Crippen LogP contribution in [0.3, 0.4) is 0 Å². The third-order valence-corrected chi connectivity index (χ3v) is 1.58. The van der Waals surface area contributed by atoms with E-state index in [0.717, 1.165) is 0 Å². The summed E-state index contributed by atoms with van der Waals surface area (Å²) in [7, 11) is 0. The van der Waals surface area contributed by atoms with E-state index in [2.05, 4.69) is 0 Å². The fourth-order valence-corrected chi connectivity index (χ4v) is 0.982. The molecule has 0 aliphatic carbocycles. The molecule has 0 saturated heterocycles. The molecule has 0 spiro atoms. The van der Waals surface area contributed by atoms with Crippen molar-refractivity contribution >= 4 is 24.0 Å². The van der Waals surface area contributed by atoms with Crippen LogP contribution >= 0.6 is 11.6 Å². The van der Waals surface area contributed by atoms with Crippen molar-refractivity contribution in [3.05, 3.63) is 34.9 Å². The highest BCUT2D eigenvalue weighted by molar-refractivity contribution is 6.30. The Morgan fingerprint density at radius 1 is 1.42 bits per heavy atom. The van der Waals surface area contributed by atoms with Gasteiger partial charge in [-0.15, -0.1) is 0 Å². The molecule has 0 fully saturated rings. The van der Waals surface area contributed by atoms with Crippen molar-refractivity contribution in [2.24, 2.45) is 0 Å². The Morgan fingerprint density at radius 2 is 2.17 bits per heavy atom. The van der Waals surface area contributed by atoms with Crippen LogP contribution in [0.2, 0.25) is 5.02 Å². The molecule has 1 aromatic rings. The van der Waals surface area contributed by atoms with Crippen LogP contribution in [0, 0.1) is 0 Å². The molecular formula is C9H7ClO2. The van der Waals surface area contributed by atoms with Crippen LogP contribution in [-0.2, 0) is 4.79 Å². The molecule has 1 aromatic carbocycles. The van der Waals surface area contributed by atoms with Crippen LogP contribution in [0.4, 0.5) is 0 Å². The second kappa shape index (κ2) is 3.93. The van der Waals surface area contributed by atoms with Gasteiger partial charge in [0.15, 0.2) is 0 Å². The largest absolute Gasteiger partial charge is 0.507 e. The van der Waals surface area contributed by atoms with E-state index in [0.29, 0.717) is 16.9 Å². The van der Waals surface area contributed by atoms with Gasteiger partial charge in [-0.25, -0.2) is 0 Å². The Kier molecular flexibility index (Phi) is 2.88. The average molecular weight is 183 g/mol. The molecule has 0 aliphatic heterocycles. The first kappa shape index (κ1) is 8.81. The third-order valence-electron chi connectivity index (χ3n) is 1.34. The minimum Gasteiger partial charge on any atom is -0.507 e. The molecule has 0 saturated carbocycles. The summed E-state index contributed by atoms with van der Waals surface area (Å²) in [6.45, 7) is 0. The fraction of sp³-hybridized carbons (Fsp3) is 0. The molecule has 0 atom stereocenters. The second-order valence-electron chi connectivity index (χ2n) is 2.20. The van der Waals surface area contributed by atoms with Gasteiger partial charge >= 0.3 is 0 Å². The summed E-state index contributed by atoms with van der Waals surface area (Å²) in [6.07, 6.45) is 3.43. The lowest BCUT2D eigenvalue weighted by molar-refractivity contribution is -0.104. The van der Waals surface area contributed by atoms with Crippen molar-refractivity contribution < 1.29 is 9.90 Å². The average Bonchev–Trinajstić information content (AvgIpc) is 2.07. The van der Waals surface area contributed by atoms with Crippen LogP contribution in [-0.4, -0.2) is 11.4 Å². The molecule has 0 aromatic heterocycles. The van der Waals surface area contributed by atoms with Gasteiger partial charge in [-0.05, 0) is 30.4 Å². The lowest BCUT2D eigenvalue weighted by Crippen LogP contribution is -1.74. The van der Waals surface area contributed by atoms with Gasteiger partial charge < -0.3 is 5.11 Å². The Labute approximate surface area is 75.1 Å². The minimum atomic E-state index is 0.109. The molecule has 12 heavy (non-hydrogen) atoms. The summed E-state index contributed by atoms with van der Waals surface area (Å²) in [5, 5.41) is 9.76. The van der Waals surface area contributed by atoms with Gasteiger partial charge in [0.1, 0.15) is 12.0 Å². The monoisotopic (exact) mass is 182 g/mol. The molecule has 0 aliphatic rings. The van der Waals surface area contributed by atoms with Gasteiger partial charge in [0.2, 0.25) is 0 Å². The van der Waals surface area contributed by atoms with E-state index in [-0.39, 0.29) is 5.75 Å². The Balaban J connectivity index is 3.04. The SMILES string of the molecule is O=C/C=C/c1cc(Cl)ccc1O. The maximum atomic E-state index is 9.97. The third kappa shape index (κ3) is 2.10. The number of benzene rings is 1. The molecule has 1 N–H and O–H groups in total. The van der Waals surface area contributed by atoms with Crippen LogP contribution in [0.1, 0.15) is 5.56 Å². The van der Waals surface area contributed by atoms with Gasteiger partial charge in [0.25, 0.3) is 0 Å². The number of rotatable bonds is 2. The number of hydrogen-bond acceptors (Lipinski definition) is 2. The zero-order valence-electron chi connectivity index (χ0n) is 6.20. The van der Waals surface area contributed by atoms with E-state index < -0.39 is 0 Å². The maximum absolute atomic E-state index is 9.97. The first-order valence-electron chi connectivity index (χ1n) is 3.34. The molecule has 1 rings (SSSR count). The van der Waals surface area contributed by atoms with E-state index in [1.54, 1.807) is 12.1 Å². The number of halogens is 1. The van der Waals surface area contributed by atoms with Crippen LogP contribution in [0.5, 0.6) is 5.75 Å². The van der Waals surface area contributed by atoms with Crippen LogP contribution in [0.25, 0.3) is 6.08 Å². The van der Waals surface area contributed by atoms with Crippen LogP contribution in [0.15, 0.2) is 24.3 Å². The zero-order chi connectivity index (χ0) is 8.97. The summed E-state index contributed by atoms with van der Waals surface area (Å²) in [4.78, 5) is 9.97. The first-order valence-corrected chi connectivity index (χ1v) is 3.72. The second-order valence-corrected chi connectivity index (χ2v) is 2.63. The van der Waals surface area contributed by atoms with E-state index in [4.69, 9.17) is 11.6 Å². The van der Waals surface area contributed by atoms with Crippen molar-refractivity contribution in [1.82, 2.24) is 0 Å². The molecule has 0 bridgehead atoms. The van der Waals surface area contributed by atoms with Crippen LogP contribution < -0.4 is 0 Å². The Hall–Kier alpha value is -1.28. The zero-order valence-corrected chi connectivity index (χ0v) is 6.95. The van der Waals surface area contributed by atoms with Crippen molar-refractivity contribution in [3.63, 3.8) is 0 Å². The molecule has 0 radical (unpaired) electrons. The Morgan fingerprint density at radius 3 is 2.83 bits per heavy atom. The minimum absolute atomic E-state index is 0.109. The summed E-state index contributed by atoms with van der Waals surface area (Å²) < 4.78 is 0. The van der Waals surface area contributed by atoms with E-state index >= 15 is 0 Å². The first-order chi connectivity index (χ1) is 5.74. The number of allylic oxidation sites excluding steroid dienone is 1. The van der Waals surface area contributed by atoms with E-state index in [9.17, 15) is 9.90 Å². The number of carbonyl (C=O) groups is 1. The van der Waals surface area contributed by atoms with Gasteiger partial charge in [0.05, 0.1) is 0 Å². The number of hydrogen-bond donors (Lipinski definition) is 1. The number of aldehydes is 1. The number of phenolic OH excluding ortho intramolecular Hbond substituents is 1. The maximum Gasteiger partial charge on any atom is 0.142 e. The molecule has 0 amide bonds. The smallest absolute Gasteiger partial charge is 0.142 e. The predicted molar refractivity (Wildman–Crippen MR) is 48.2 cm³/mol. The molecule has 62 valence electrons. The molecule has 0 heterocycles. The summed E-state index contributed by atoms with van der Waals surface area (Å²) in [6, 6.07) is 4.64. The van der Waals surface area contributed by atoms with E-state index in [1.165, 1.54) is 18.2 Å². The lowest BCUT2D eigenvalue weighted by Gasteiger charge is -1.97. The predicted octanol–water partition coefficient (Wildman–Crippen LogP) is 2.26. The van der Waals surface area contributed by atoms with Crippen molar-refractivity contribution in [1.29, 1.82) is 0 Å². The van der Waals surface area contributed by atoms with Gasteiger partial charge in [-0.1, -0.05) is 11.6 Å². The fourth-order valence-electron chi connectivity index (χ4n) is 0.802. The molecule has 3 heteroatoms. The van der Waals surface area contributed by atoms with Gasteiger partial charge in [0, 0.05) is 10.6 Å². The highest BCUT2D eigenvalue weighted by Crippen LogP contribution is 2.22. The highest BCUT2D eigenvalue weighted by Gasteiger charge is 1.96. The van der Waals surface area contributed by atoms with Crippen molar-refractivity contribution in [2.75, 3.05) is 0 Å². The standard InChI is InChI=1S/C9H7ClO2/c10-8-3-4-9(12)7(6-8)2-1-5-11/h1-6,12H/b2-1+. The molecule has 2 nitrogen and oxygen atoms in total. The van der Waals surface area contributed by atoms with E-state index in [1.807, 2.05) is 0 Å². The number of aromatic hydroxyl groups is 1. The quantitative estimate of drug-likeness (QED) is 0.563. The topological polar surface area (TPSA) is 37.3 Å². The number of phenols is 1. The summed E-state index contributed by atoms with van der Waals surface area (Å²) in [5.41, 5.74) is 0.537.